The highest BCUT2D eigenvalue weighted by molar-refractivity contribution is 7.89. The van der Waals surface area contributed by atoms with Gasteiger partial charge < -0.3 is 4.57 Å². The van der Waals surface area contributed by atoms with Crippen LogP contribution in [-0.4, -0.2) is 29.0 Å². The molecule has 0 fully saturated rings. The van der Waals surface area contributed by atoms with Crippen LogP contribution in [0.2, 0.25) is 0 Å². The molecule has 0 atom stereocenters. The van der Waals surface area contributed by atoms with Crippen molar-refractivity contribution in [2.45, 2.75) is 44.6 Å². The van der Waals surface area contributed by atoms with E-state index in [9.17, 15) is 13.2 Å². The number of Topliss-reactive ketones (excluding diaryl/α,β-unsaturated/α-hetero) is 1. The Hall–Kier alpha value is -2.06. The number of nitrogens with zero attached hydrogens (tertiary/aromatic N) is 3. The monoisotopic (exact) mass is 350 g/mol. The fourth-order valence-corrected chi connectivity index (χ4v) is 3.34. The maximum absolute atomic E-state index is 12.4. The van der Waals surface area contributed by atoms with Gasteiger partial charge in [-0.05, 0) is 12.1 Å². The topological polar surface area (TPSA) is 93.9 Å². The summed E-state index contributed by atoms with van der Waals surface area (Å²) in [5.41, 5.74) is 0.390. The highest BCUT2D eigenvalue weighted by atomic mass is 32.2. The van der Waals surface area contributed by atoms with Crippen molar-refractivity contribution in [3.8, 4) is 0 Å². The predicted molar refractivity (Wildman–Crippen MR) is 90.2 cm³/mol. The summed E-state index contributed by atoms with van der Waals surface area (Å²) in [5.74, 6) is 1.43. The van der Waals surface area contributed by atoms with Crippen LogP contribution in [0, 0.1) is 0 Å². The summed E-state index contributed by atoms with van der Waals surface area (Å²) < 4.78 is 29.2. The lowest BCUT2D eigenvalue weighted by molar-refractivity contribution is 0.0988. The summed E-state index contributed by atoms with van der Waals surface area (Å²) >= 11 is 0. The molecule has 0 saturated heterocycles. The van der Waals surface area contributed by atoms with Crippen LogP contribution in [0.1, 0.15) is 55.1 Å². The van der Waals surface area contributed by atoms with Crippen molar-refractivity contribution in [3.63, 3.8) is 0 Å². The maximum atomic E-state index is 12.4. The summed E-state index contributed by atoms with van der Waals surface area (Å²) in [6.07, 6.45) is 0.327. The number of ketones is 1. The van der Waals surface area contributed by atoms with Crippen molar-refractivity contribution < 1.29 is 13.2 Å². The number of hydrogen-bond acceptors (Lipinski definition) is 5. The molecule has 0 unspecified atom stereocenters. The number of carbonyl (C=O) groups excluding carboxylic acids is 1. The Balaban J connectivity index is 2.19. The van der Waals surface area contributed by atoms with Crippen molar-refractivity contribution in [2.24, 2.45) is 7.05 Å². The summed E-state index contributed by atoms with van der Waals surface area (Å²) in [6.45, 7) is 5.76. The molecule has 130 valence electrons. The third-order valence-corrected chi connectivity index (χ3v) is 5.12. The van der Waals surface area contributed by atoms with Gasteiger partial charge in [-0.1, -0.05) is 32.9 Å². The molecular formula is C16H22N4O3S. The van der Waals surface area contributed by atoms with E-state index in [0.717, 1.165) is 5.82 Å². The molecule has 8 heteroatoms. The quantitative estimate of drug-likeness (QED) is 0.771. The van der Waals surface area contributed by atoms with Gasteiger partial charge in [-0.15, -0.1) is 10.2 Å². The maximum Gasteiger partial charge on any atom is 0.240 e. The first-order valence-electron chi connectivity index (χ1n) is 7.77. The normalized spacial score (nSPS) is 11.9. The summed E-state index contributed by atoms with van der Waals surface area (Å²) in [7, 11) is -1.93. The molecule has 0 bridgehead atoms. The Morgan fingerprint density at radius 1 is 1.29 bits per heavy atom. The predicted octanol–water partition coefficient (Wildman–Crippen LogP) is 2.01. The second-order valence-electron chi connectivity index (χ2n) is 5.82. The van der Waals surface area contributed by atoms with Crippen LogP contribution < -0.4 is 4.72 Å². The fraction of sp³-hybridized carbons (Fsp3) is 0.438. The summed E-state index contributed by atoms with van der Waals surface area (Å²) in [6, 6.07) is 6.04. The van der Waals surface area contributed by atoms with E-state index in [4.69, 9.17) is 0 Å². The SMILES string of the molecule is CCC(=O)c1cccc(S(=O)(=O)NCc2nnc(C(C)C)n2C)c1. The summed E-state index contributed by atoms with van der Waals surface area (Å²) in [5, 5.41) is 8.10. The smallest absolute Gasteiger partial charge is 0.240 e. The van der Waals surface area contributed by atoms with Crippen molar-refractivity contribution in [1.29, 1.82) is 0 Å². The third-order valence-electron chi connectivity index (χ3n) is 3.72. The van der Waals surface area contributed by atoms with Gasteiger partial charge in [0.2, 0.25) is 10.0 Å². The first kappa shape index (κ1) is 18.3. The number of rotatable bonds is 7. The fourth-order valence-electron chi connectivity index (χ4n) is 2.32. The van der Waals surface area contributed by atoms with Crippen LogP contribution in [0.25, 0.3) is 0 Å². The molecule has 0 aliphatic carbocycles. The minimum Gasteiger partial charge on any atom is -0.317 e. The number of carbonyl (C=O) groups is 1. The standard InChI is InChI=1S/C16H22N4O3S/c1-5-14(21)12-7-6-8-13(9-12)24(22,23)17-10-15-18-19-16(11(2)3)20(15)4/h6-9,11,17H,5,10H2,1-4H3. The number of nitrogens with one attached hydrogen (secondary N) is 1. The van der Waals surface area contributed by atoms with Crippen molar-refractivity contribution >= 4 is 15.8 Å². The van der Waals surface area contributed by atoms with Crippen LogP contribution in [0.15, 0.2) is 29.2 Å². The van der Waals surface area contributed by atoms with Gasteiger partial charge in [0.25, 0.3) is 0 Å². The minimum atomic E-state index is -3.73. The van der Waals surface area contributed by atoms with Crippen LogP contribution in [0.3, 0.4) is 0 Å². The molecule has 1 aromatic carbocycles. The van der Waals surface area contributed by atoms with Crippen molar-refractivity contribution in [1.82, 2.24) is 19.5 Å². The first-order chi connectivity index (χ1) is 11.3. The molecule has 2 aromatic rings. The molecule has 1 N–H and O–H groups in total. The van der Waals surface area contributed by atoms with E-state index >= 15 is 0 Å². The molecule has 0 saturated carbocycles. The number of aromatic nitrogens is 3. The number of benzene rings is 1. The molecule has 2 rings (SSSR count). The zero-order chi connectivity index (χ0) is 17.9. The zero-order valence-electron chi connectivity index (χ0n) is 14.3. The Morgan fingerprint density at radius 3 is 2.58 bits per heavy atom. The zero-order valence-corrected chi connectivity index (χ0v) is 15.1. The second-order valence-corrected chi connectivity index (χ2v) is 7.58. The van der Waals surface area contributed by atoms with Crippen LogP contribution in [0.4, 0.5) is 0 Å². The molecule has 1 aromatic heterocycles. The van der Waals surface area contributed by atoms with Gasteiger partial charge in [0.05, 0.1) is 11.4 Å². The molecular weight excluding hydrogens is 328 g/mol. The third kappa shape index (κ3) is 3.88. The van der Waals surface area contributed by atoms with E-state index < -0.39 is 10.0 Å². The van der Waals surface area contributed by atoms with E-state index in [1.54, 1.807) is 30.7 Å². The van der Waals surface area contributed by atoms with Crippen molar-refractivity contribution in [2.75, 3.05) is 0 Å². The molecule has 0 spiro atoms. The summed E-state index contributed by atoms with van der Waals surface area (Å²) in [4.78, 5) is 11.8. The number of sulfonamides is 1. The van der Waals surface area contributed by atoms with Gasteiger partial charge in [0, 0.05) is 24.9 Å². The van der Waals surface area contributed by atoms with Gasteiger partial charge in [-0.2, -0.15) is 0 Å². The van der Waals surface area contributed by atoms with E-state index in [1.165, 1.54) is 12.1 Å². The Kier molecular flexibility index (Phi) is 5.51. The lowest BCUT2D eigenvalue weighted by atomic mass is 10.1. The van der Waals surface area contributed by atoms with Gasteiger partial charge in [-0.3, -0.25) is 4.79 Å². The van der Waals surface area contributed by atoms with E-state index in [0.29, 0.717) is 17.8 Å². The average Bonchev–Trinajstić information content (AvgIpc) is 2.93. The molecule has 7 nitrogen and oxygen atoms in total. The Morgan fingerprint density at radius 2 is 2.00 bits per heavy atom. The average molecular weight is 350 g/mol. The largest absolute Gasteiger partial charge is 0.317 e. The molecule has 24 heavy (non-hydrogen) atoms. The second kappa shape index (κ2) is 7.23. The van der Waals surface area contributed by atoms with Crippen molar-refractivity contribution in [3.05, 3.63) is 41.5 Å². The highest BCUT2D eigenvalue weighted by Crippen LogP contribution is 2.15. The molecule has 0 amide bonds. The number of hydrogen-bond donors (Lipinski definition) is 1. The van der Waals surface area contributed by atoms with Gasteiger partial charge in [0.1, 0.15) is 11.6 Å². The minimum absolute atomic E-state index is 0.0322. The molecule has 0 aliphatic heterocycles. The van der Waals surface area contributed by atoms with Crippen LogP contribution in [0.5, 0.6) is 0 Å². The molecule has 1 heterocycles. The molecule has 0 radical (unpaired) electrons. The Labute approximate surface area is 142 Å². The Bertz CT molecular complexity index is 841. The van der Waals surface area contributed by atoms with Gasteiger partial charge in [-0.25, -0.2) is 13.1 Å². The molecule has 0 aliphatic rings. The lowest BCUT2D eigenvalue weighted by Crippen LogP contribution is -2.25. The first-order valence-corrected chi connectivity index (χ1v) is 9.25. The van der Waals surface area contributed by atoms with E-state index in [-0.39, 0.29) is 23.1 Å². The van der Waals surface area contributed by atoms with Gasteiger partial charge >= 0.3 is 0 Å². The van der Waals surface area contributed by atoms with E-state index in [1.807, 2.05) is 13.8 Å². The van der Waals surface area contributed by atoms with Crippen LogP contribution in [-0.2, 0) is 23.6 Å². The van der Waals surface area contributed by atoms with E-state index in [2.05, 4.69) is 14.9 Å². The van der Waals surface area contributed by atoms with Gasteiger partial charge in [0.15, 0.2) is 5.78 Å². The lowest BCUT2D eigenvalue weighted by Gasteiger charge is -2.09. The van der Waals surface area contributed by atoms with Crippen LogP contribution >= 0.6 is 0 Å². The highest BCUT2D eigenvalue weighted by Gasteiger charge is 2.18.